The van der Waals surface area contributed by atoms with Crippen LogP contribution >= 0.6 is 21.6 Å². The Kier molecular flexibility index (Phi) is 9.01. The molecule has 21 heavy (non-hydrogen) atoms. The van der Waals surface area contributed by atoms with Crippen molar-refractivity contribution in [3.05, 3.63) is 35.4 Å². The number of hydrogen-bond donors (Lipinski definition) is 2. The third-order valence-electron chi connectivity index (χ3n) is 2.71. The Bertz CT molecular complexity index is 466. The average Bonchev–Trinajstić information content (AvgIpc) is 2.44. The van der Waals surface area contributed by atoms with Crippen LogP contribution < -0.4 is 5.32 Å². The van der Waals surface area contributed by atoms with E-state index < -0.39 is 5.97 Å². The normalized spacial score (nSPS) is 10.3. The van der Waals surface area contributed by atoms with E-state index in [9.17, 15) is 9.59 Å². The topological polar surface area (TPSA) is 66.4 Å². The lowest BCUT2D eigenvalue weighted by Gasteiger charge is -2.05. The zero-order valence-corrected chi connectivity index (χ0v) is 13.8. The molecule has 1 amide bonds. The van der Waals surface area contributed by atoms with Crippen LogP contribution in [0, 0.1) is 6.92 Å². The fourth-order valence-electron chi connectivity index (χ4n) is 1.69. The minimum Gasteiger partial charge on any atom is -0.481 e. The van der Waals surface area contributed by atoms with E-state index in [4.69, 9.17) is 5.11 Å². The van der Waals surface area contributed by atoms with Gasteiger partial charge in [0.15, 0.2) is 0 Å². The van der Waals surface area contributed by atoms with E-state index >= 15 is 0 Å². The van der Waals surface area contributed by atoms with E-state index in [1.165, 1.54) is 21.9 Å². The molecule has 0 bridgehead atoms. The molecule has 0 heterocycles. The van der Waals surface area contributed by atoms with Crippen LogP contribution in [0.15, 0.2) is 24.3 Å². The van der Waals surface area contributed by atoms with Crippen molar-refractivity contribution in [2.45, 2.75) is 26.2 Å². The SMILES string of the molecule is Cc1cccc(CCC(=O)NCCSSCCC(=O)O)c1. The average molecular weight is 327 g/mol. The van der Waals surface area contributed by atoms with Gasteiger partial charge in [-0.05, 0) is 18.9 Å². The van der Waals surface area contributed by atoms with Gasteiger partial charge in [0.1, 0.15) is 0 Å². The lowest BCUT2D eigenvalue weighted by Crippen LogP contribution is -2.25. The smallest absolute Gasteiger partial charge is 0.304 e. The first-order valence-electron chi connectivity index (χ1n) is 6.86. The predicted octanol–water partition coefficient (Wildman–Crippen LogP) is 2.90. The summed E-state index contributed by atoms with van der Waals surface area (Å²) in [6.45, 7) is 2.67. The maximum Gasteiger partial charge on any atom is 0.304 e. The number of hydrogen-bond acceptors (Lipinski definition) is 4. The summed E-state index contributed by atoms with van der Waals surface area (Å²) >= 11 is 0. The third-order valence-corrected chi connectivity index (χ3v) is 5.12. The summed E-state index contributed by atoms with van der Waals surface area (Å²) in [6.07, 6.45) is 1.44. The second-order valence-corrected chi connectivity index (χ2v) is 7.33. The molecule has 4 nitrogen and oxygen atoms in total. The van der Waals surface area contributed by atoms with Gasteiger partial charge in [-0.25, -0.2) is 0 Å². The predicted molar refractivity (Wildman–Crippen MR) is 89.7 cm³/mol. The van der Waals surface area contributed by atoms with Crippen molar-refractivity contribution in [1.29, 1.82) is 0 Å². The van der Waals surface area contributed by atoms with E-state index in [1.54, 1.807) is 10.8 Å². The van der Waals surface area contributed by atoms with Gasteiger partial charge in [0.05, 0.1) is 6.42 Å². The Balaban J connectivity index is 2.03. The van der Waals surface area contributed by atoms with Crippen LogP contribution in [-0.2, 0) is 16.0 Å². The molecule has 0 saturated carbocycles. The number of carbonyl (C=O) groups excluding carboxylic acids is 1. The monoisotopic (exact) mass is 327 g/mol. The van der Waals surface area contributed by atoms with E-state index in [0.717, 1.165) is 12.2 Å². The van der Waals surface area contributed by atoms with Gasteiger partial charge in [-0.3, -0.25) is 9.59 Å². The number of carboxylic acid groups (broad SMARTS) is 1. The number of carboxylic acids is 1. The van der Waals surface area contributed by atoms with Crippen molar-refractivity contribution in [2.75, 3.05) is 18.1 Å². The van der Waals surface area contributed by atoms with Crippen molar-refractivity contribution in [3.63, 3.8) is 0 Å². The molecule has 0 spiro atoms. The van der Waals surface area contributed by atoms with Crippen LogP contribution in [0.2, 0.25) is 0 Å². The van der Waals surface area contributed by atoms with Gasteiger partial charge in [-0.15, -0.1) is 0 Å². The number of aliphatic carboxylic acids is 1. The van der Waals surface area contributed by atoms with Gasteiger partial charge >= 0.3 is 5.97 Å². The Labute approximate surface area is 133 Å². The number of nitrogens with one attached hydrogen (secondary N) is 1. The molecule has 0 saturated heterocycles. The number of amides is 1. The second kappa shape index (κ2) is 10.6. The van der Waals surface area contributed by atoms with Crippen LogP contribution in [0.5, 0.6) is 0 Å². The van der Waals surface area contributed by atoms with Crippen molar-refractivity contribution in [1.82, 2.24) is 5.32 Å². The summed E-state index contributed by atoms with van der Waals surface area (Å²) < 4.78 is 0. The molecule has 0 fully saturated rings. The van der Waals surface area contributed by atoms with Crippen LogP contribution in [-0.4, -0.2) is 35.0 Å². The van der Waals surface area contributed by atoms with Crippen LogP contribution in [0.1, 0.15) is 24.0 Å². The molecule has 1 aromatic carbocycles. The Morgan fingerprint density at radius 2 is 1.95 bits per heavy atom. The maximum atomic E-state index is 11.7. The number of rotatable bonds is 10. The minimum atomic E-state index is -0.771. The van der Waals surface area contributed by atoms with E-state index in [-0.39, 0.29) is 12.3 Å². The Morgan fingerprint density at radius 3 is 2.67 bits per heavy atom. The molecule has 0 atom stereocenters. The highest BCUT2D eigenvalue weighted by molar-refractivity contribution is 8.76. The zero-order chi connectivity index (χ0) is 15.5. The lowest BCUT2D eigenvalue weighted by molar-refractivity contribution is -0.136. The first-order valence-corrected chi connectivity index (χ1v) is 9.35. The molecule has 0 aliphatic carbocycles. The summed E-state index contributed by atoms with van der Waals surface area (Å²) in [6, 6.07) is 8.19. The van der Waals surface area contributed by atoms with Crippen LogP contribution in [0.3, 0.4) is 0 Å². The quantitative estimate of drug-likeness (QED) is 0.511. The maximum absolute atomic E-state index is 11.7. The summed E-state index contributed by atoms with van der Waals surface area (Å²) in [5, 5.41) is 11.4. The molecule has 0 aliphatic rings. The first kappa shape index (κ1) is 17.9. The Morgan fingerprint density at radius 1 is 1.19 bits per heavy atom. The zero-order valence-electron chi connectivity index (χ0n) is 12.1. The highest BCUT2D eigenvalue weighted by Crippen LogP contribution is 2.20. The van der Waals surface area contributed by atoms with Crippen LogP contribution in [0.25, 0.3) is 0 Å². The van der Waals surface area contributed by atoms with E-state index in [0.29, 0.717) is 18.7 Å². The molecular formula is C15H21NO3S2. The van der Waals surface area contributed by atoms with Gasteiger partial charge in [0.2, 0.25) is 5.91 Å². The number of aryl methyl sites for hydroxylation is 2. The van der Waals surface area contributed by atoms with Gasteiger partial charge in [-0.2, -0.15) is 0 Å². The largest absolute Gasteiger partial charge is 0.481 e. The summed E-state index contributed by atoms with van der Waals surface area (Å²) in [5.41, 5.74) is 2.39. The second-order valence-electron chi connectivity index (χ2n) is 4.63. The highest BCUT2D eigenvalue weighted by atomic mass is 33.1. The van der Waals surface area contributed by atoms with E-state index in [2.05, 4.69) is 11.4 Å². The lowest BCUT2D eigenvalue weighted by atomic mass is 10.1. The van der Waals surface area contributed by atoms with Crippen molar-refractivity contribution >= 4 is 33.5 Å². The van der Waals surface area contributed by atoms with Crippen molar-refractivity contribution in [3.8, 4) is 0 Å². The van der Waals surface area contributed by atoms with Crippen molar-refractivity contribution in [2.24, 2.45) is 0 Å². The molecular weight excluding hydrogens is 306 g/mol. The molecule has 116 valence electrons. The summed E-state index contributed by atoms with van der Waals surface area (Å²) in [4.78, 5) is 22.0. The summed E-state index contributed by atoms with van der Waals surface area (Å²) in [5.74, 6) is 0.682. The fraction of sp³-hybridized carbons (Fsp3) is 0.467. The molecule has 0 radical (unpaired) electrons. The molecule has 6 heteroatoms. The molecule has 1 aromatic rings. The number of carbonyl (C=O) groups is 2. The molecule has 0 unspecified atom stereocenters. The highest BCUT2D eigenvalue weighted by Gasteiger charge is 2.02. The summed E-state index contributed by atoms with van der Waals surface area (Å²) in [7, 11) is 3.12. The molecule has 1 rings (SSSR count). The van der Waals surface area contributed by atoms with Crippen LogP contribution in [0.4, 0.5) is 0 Å². The Hall–Kier alpha value is -1.14. The van der Waals surface area contributed by atoms with Gasteiger partial charge < -0.3 is 10.4 Å². The third kappa shape index (κ3) is 9.42. The molecule has 2 N–H and O–H groups in total. The molecule has 0 aliphatic heterocycles. The van der Waals surface area contributed by atoms with Gasteiger partial charge in [0.25, 0.3) is 0 Å². The van der Waals surface area contributed by atoms with E-state index in [1.807, 2.05) is 25.1 Å². The molecule has 0 aromatic heterocycles. The standard InChI is InChI=1S/C15H21NO3S2/c1-12-3-2-4-13(11-12)5-6-14(17)16-8-10-21-20-9-7-15(18)19/h2-4,11H,5-10H2,1H3,(H,16,17)(H,18,19). The first-order chi connectivity index (χ1) is 10.1. The minimum absolute atomic E-state index is 0.0626. The number of benzene rings is 1. The van der Waals surface area contributed by atoms with Gasteiger partial charge in [0, 0.05) is 24.5 Å². The van der Waals surface area contributed by atoms with Crippen molar-refractivity contribution < 1.29 is 14.7 Å². The fourth-order valence-corrected chi connectivity index (χ4v) is 3.58. The van der Waals surface area contributed by atoms with Gasteiger partial charge in [-0.1, -0.05) is 51.4 Å².